The Kier molecular flexibility index (Phi) is 5.15. The monoisotopic (exact) mass is 316 g/mol. The van der Waals surface area contributed by atoms with E-state index in [1.165, 1.54) is 18.9 Å². The van der Waals surface area contributed by atoms with Gasteiger partial charge in [0.1, 0.15) is 5.82 Å². The Hall–Kier alpha value is -2.05. The summed E-state index contributed by atoms with van der Waals surface area (Å²) in [6, 6.07) is 4.88. The summed E-state index contributed by atoms with van der Waals surface area (Å²) < 4.78 is 13.6. The number of nitrogens with one attached hydrogen (secondary N) is 1. The maximum Gasteiger partial charge on any atom is 0.225 e. The van der Waals surface area contributed by atoms with E-state index in [0.29, 0.717) is 18.7 Å². The molecule has 1 aliphatic rings. The molecule has 122 valence electrons. The van der Waals surface area contributed by atoms with E-state index in [4.69, 9.17) is 5.11 Å². The molecule has 1 aromatic carbocycles. The molecule has 1 fully saturated rings. The van der Waals surface area contributed by atoms with Crippen molar-refractivity contribution in [3.63, 3.8) is 0 Å². The van der Waals surface area contributed by atoms with Gasteiger partial charge in [-0.3, -0.25) is 0 Å². The predicted molar refractivity (Wildman–Crippen MR) is 86.3 cm³/mol. The predicted octanol–water partition coefficient (Wildman–Crippen LogP) is 2.00. The molecule has 0 spiro atoms. The van der Waals surface area contributed by atoms with Crippen LogP contribution < -0.4 is 10.2 Å². The molecule has 23 heavy (non-hydrogen) atoms. The lowest BCUT2D eigenvalue weighted by Crippen LogP contribution is -2.20. The highest BCUT2D eigenvalue weighted by Gasteiger charge is 2.14. The highest BCUT2D eigenvalue weighted by atomic mass is 19.1. The third-order valence-electron chi connectivity index (χ3n) is 4.03. The molecule has 1 aliphatic heterocycles. The van der Waals surface area contributed by atoms with Crippen molar-refractivity contribution in [2.75, 3.05) is 18.0 Å². The first-order valence-electron chi connectivity index (χ1n) is 7.91. The second kappa shape index (κ2) is 7.48. The summed E-state index contributed by atoms with van der Waals surface area (Å²) in [7, 11) is 0. The lowest BCUT2D eigenvalue weighted by atomic mass is 10.1. The van der Waals surface area contributed by atoms with E-state index >= 15 is 0 Å². The van der Waals surface area contributed by atoms with Gasteiger partial charge in [0.2, 0.25) is 5.95 Å². The van der Waals surface area contributed by atoms with Crippen LogP contribution in [0.15, 0.2) is 30.6 Å². The largest absolute Gasteiger partial charge is 0.392 e. The highest BCUT2D eigenvalue weighted by Crippen LogP contribution is 2.15. The summed E-state index contributed by atoms with van der Waals surface area (Å²) in [6.07, 6.45) is 6.09. The Balaban J connectivity index is 1.51. The molecule has 0 atom stereocenters. The van der Waals surface area contributed by atoms with Crippen molar-refractivity contribution in [3.8, 4) is 0 Å². The number of hydrogen-bond donors (Lipinski definition) is 2. The number of hydrogen-bond acceptors (Lipinski definition) is 5. The smallest absolute Gasteiger partial charge is 0.225 e. The first-order valence-corrected chi connectivity index (χ1v) is 7.91. The van der Waals surface area contributed by atoms with Crippen molar-refractivity contribution < 1.29 is 9.50 Å². The minimum Gasteiger partial charge on any atom is -0.392 e. The zero-order valence-electron chi connectivity index (χ0n) is 13.0. The summed E-state index contributed by atoms with van der Waals surface area (Å²) in [5.74, 6) is 0.429. The summed E-state index contributed by atoms with van der Waals surface area (Å²) in [5.41, 5.74) is 2.16. The van der Waals surface area contributed by atoms with E-state index in [1.54, 1.807) is 6.07 Å². The maximum atomic E-state index is 13.6. The van der Waals surface area contributed by atoms with E-state index in [-0.39, 0.29) is 12.4 Å². The van der Waals surface area contributed by atoms with Crippen LogP contribution >= 0.6 is 0 Å². The molecule has 0 radical (unpaired) electrons. The van der Waals surface area contributed by atoms with Gasteiger partial charge in [0.05, 0.1) is 6.61 Å². The molecule has 2 aromatic rings. The van der Waals surface area contributed by atoms with Crippen LogP contribution in [0.25, 0.3) is 0 Å². The number of halogens is 1. The normalized spacial score (nSPS) is 14.4. The minimum absolute atomic E-state index is 0.278. The lowest BCUT2D eigenvalue weighted by Gasteiger charge is -2.14. The molecule has 0 unspecified atom stereocenters. The van der Waals surface area contributed by atoms with Crippen molar-refractivity contribution in [1.29, 1.82) is 0 Å². The van der Waals surface area contributed by atoms with E-state index in [1.807, 2.05) is 18.5 Å². The second-order valence-electron chi connectivity index (χ2n) is 5.77. The van der Waals surface area contributed by atoms with E-state index in [9.17, 15) is 4.39 Å². The molecular formula is C17H21FN4O. The number of aliphatic hydroxyl groups is 1. The molecule has 3 rings (SSSR count). The fraction of sp³-hybridized carbons (Fsp3) is 0.412. The molecule has 5 nitrogen and oxygen atoms in total. The molecule has 0 bridgehead atoms. The Bertz CT molecular complexity index is 642. The van der Waals surface area contributed by atoms with Crippen LogP contribution in [0.3, 0.4) is 0 Å². The van der Waals surface area contributed by atoms with Crippen molar-refractivity contribution in [2.45, 2.75) is 32.5 Å². The number of rotatable bonds is 6. The van der Waals surface area contributed by atoms with Crippen LogP contribution in [0.4, 0.5) is 10.3 Å². The topological polar surface area (TPSA) is 61.3 Å². The fourth-order valence-corrected chi connectivity index (χ4v) is 2.70. The second-order valence-corrected chi connectivity index (χ2v) is 5.77. The summed E-state index contributed by atoms with van der Waals surface area (Å²) in [4.78, 5) is 11.0. The van der Waals surface area contributed by atoms with Crippen LogP contribution in [0.2, 0.25) is 0 Å². The standard InChI is InChI=1S/C17H21FN4O/c18-16-7-13(3-4-15(16)12-23)8-19-9-14-10-20-17(21-11-14)22-5-1-2-6-22/h3-4,7,10-11,19,23H,1-2,5-6,8-9,12H2. The van der Waals surface area contributed by atoms with Crippen molar-refractivity contribution in [2.24, 2.45) is 0 Å². The molecule has 1 aromatic heterocycles. The molecule has 6 heteroatoms. The lowest BCUT2D eigenvalue weighted by molar-refractivity contribution is 0.275. The quantitative estimate of drug-likeness (QED) is 0.853. The average Bonchev–Trinajstić information content (AvgIpc) is 3.10. The van der Waals surface area contributed by atoms with Crippen LogP contribution in [-0.4, -0.2) is 28.2 Å². The zero-order chi connectivity index (χ0) is 16.1. The average molecular weight is 316 g/mol. The molecule has 0 aliphatic carbocycles. The van der Waals surface area contributed by atoms with Gasteiger partial charge < -0.3 is 15.3 Å². The van der Waals surface area contributed by atoms with Gasteiger partial charge in [-0.1, -0.05) is 12.1 Å². The summed E-state index contributed by atoms with van der Waals surface area (Å²) >= 11 is 0. The molecule has 0 saturated carbocycles. The number of benzene rings is 1. The van der Waals surface area contributed by atoms with Crippen molar-refractivity contribution in [3.05, 3.63) is 53.1 Å². The molecule has 0 amide bonds. The first-order chi connectivity index (χ1) is 11.3. The van der Waals surface area contributed by atoms with Crippen LogP contribution in [0.5, 0.6) is 0 Å². The molecular weight excluding hydrogens is 295 g/mol. The highest BCUT2D eigenvalue weighted by molar-refractivity contribution is 5.31. The minimum atomic E-state index is -0.370. The van der Waals surface area contributed by atoms with Gasteiger partial charge in [-0.25, -0.2) is 14.4 Å². The number of aromatic nitrogens is 2. The van der Waals surface area contributed by atoms with Gasteiger partial charge in [0.15, 0.2) is 0 Å². The summed E-state index contributed by atoms with van der Waals surface area (Å²) in [5, 5.41) is 12.2. The van der Waals surface area contributed by atoms with Gasteiger partial charge in [-0.05, 0) is 24.5 Å². The van der Waals surface area contributed by atoms with Gasteiger partial charge in [-0.2, -0.15) is 0 Å². The molecule has 2 heterocycles. The third-order valence-corrected chi connectivity index (χ3v) is 4.03. The Morgan fingerprint density at radius 3 is 2.43 bits per heavy atom. The zero-order valence-corrected chi connectivity index (χ0v) is 13.0. The fourth-order valence-electron chi connectivity index (χ4n) is 2.70. The van der Waals surface area contributed by atoms with Gasteiger partial charge in [0.25, 0.3) is 0 Å². The number of nitrogens with zero attached hydrogens (tertiary/aromatic N) is 3. The van der Waals surface area contributed by atoms with Crippen LogP contribution in [0, 0.1) is 5.82 Å². The van der Waals surface area contributed by atoms with E-state index < -0.39 is 0 Å². The Morgan fingerprint density at radius 2 is 1.78 bits per heavy atom. The van der Waals surface area contributed by atoms with E-state index in [2.05, 4.69) is 20.2 Å². The van der Waals surface area contributed by atoms with Crippen molar-refractivity contribution in [1.82, 2.24) is 15.3 Å². The molecule has 2 N–H and O–H groups in total. The Labute approximate surface area is 135 Å². The maximum absolute atomic E-state index is 13.6. The number of aliphatic hydroxyl groups excluding tert-OH is 1. The Morgan fingerprint density at radius 1 is 1.09 bits per heavy atom. The number of anilines is 1. The van der Waals surface area contributed by atoms with Crippen LogP contribution in [-0.2, 0) is 19.7 Å². The van der Waals surface area contributed by atoms with E-state index in [0.717, 1.165) is 30.2 Å². The van der Waals surface area contributed by atoms with Crippen LogP contribution in [0.1, 0.15) is 29.5 Å². The van der Waals surface area contributed by atoms with Gasteiger partial charge >= 0.3 is 0 Å². The third kappa shape index (κ3) is 4.03. The summed E-state index contributed by atoms with van der Waals surface area (Å²) in [6.45, 7) is 2.97. The SMILES string of the molecule is OCc1ccc(CNCc2cnc(N3CCCC3)nc2)cc1F. The molecule has 1 saturated heterocycles. The van der Waals surface area contributed by atoms with Gasteiger partial charge in [-0.15, -0.1) is 0 Å². The van der Waals surface area contributed by atoms with Crippen molar-refractivity contribution >= 4 is 5.95 Å². The van der Waals surface area contributed by atoms with Gasteiger partial charge in [0, 0.05) is 49.7 Å². The first kappa shape index (κ1) is 15.8.